The summed E-state index contributed by atoms with van der Waals surface area (Å²) < 4.78 is 20.1. The van der Waals surface area contributed by atoms with Crippen molar-refractivity contribution < 1.29 is 9.30 Å². The van der Waals surface area contributed by atoms with Gasteiger partial charge in [-0.3, -0.25) is 4.98 Å². The third kappa shape index (κ3) is 4.05. The van der Waals surface area contributed by atoms with Crippen LogP contribution in [0.4, 0.5) is 0 Å². The molecule has 0 saturated carbocycles. The van der Waals surface area contributed by atoms with Crippen molar-refractivity contribution in [2.24, 2.45) is 0 Å². The van der Waals surface area contributed by atoms with E-state index >= 15 is 0 Å². The monoisotopic (exact) mass is 393 g/mol. The Balaban J connectivity index is 2.14. The number of hydrogen-bond donors (Lipinski definition) is 0. The predicted octanol–water partition coefficient (Wildman–Crippen LogP) is 4.88. The van der Waals surface area contributed by atoms with Gasteiger partial charge in [0.05, 0.1) is 7.11 Å². The molecule has 28 heavy (non-hydrogen) atoms. The second-order valence-electron chi connectivity index (χ2n) is 7.43. The van der Waals surface area contributed by atoms with Gasteiger partial charge < -0.3 is 9.30 Å². The molecule has 0 aliphatic rings. The molecule has 0 aliphatic carbocycles. The standard InChI is InChI=1S/C24H28NO2P/c1-17-14-19(3)24(20(4)15-17)28(26,22-10-6-9-21(16-22)27-5)13-11-23-18(2)8-7-12-25-23/h6-10,12,14-16H,11,13H2,1-5H3/t28-/m1/s1. The van der Waals surface area contributed by atoms with Crippen molar-refractivity contribution >= 4 is 17.8 Å². The minimum Gasteiger partial charge on any atom is -0.497 e. The van der Waals surface area contributed by atoms with Gasteiger partial charge in [-0.15, -0.1) is 0 Å². The van der Waals surface area contributed by atoms with E-state index in [0.717, 1.165) is 38.7 Å². The van der Waals surface area contributed by atoms with Crippen molar-refractivity contribution in [2.45, 2.75) is 34.1 Å². The Morgan fingerprint density at radius 2 is 1.64 bits per heavy atom. The lowest BCUT2D eigenvalue weighted by molar-refractivity contribution is 0.415. The van der Waals surface area contributed by atoms with E-state index in [4.69, 9.17) is 4.74 Å². The number of pyridine rings is 1. The van der Waals surface area contributed by atoms with Crippen LogP contribution in [0.15, 0.2) is 54.7 Å². The summed E-state index contributed by atoms with van der Waals surface area (Å²) in [5, 5.41) is 1.82. The van der Waals surface area contributed by atoms with Gasteiger partial charge in [-0.2, -0.15) is 0 Å². The Hall–Kier alpha value is -2.38. The topological polar surface area (TPSA) is 39.2 Å². The molecule has 146 valence electrons. The summed E-state index contributed by atoms with van der Waals surface area (Å²) in [7, 11) is -1.22. The van der Waals surface area contributed by atoms with Gasteiger partial charge in [0.2, 0.25) is 0 Å². The number of hydrogen-bond acceptors (Lipinski definition) is 3. The van der Waals surface area contributed by atoms with Gasteiger partial charge in [-0.25, -0.2) is 0 Å². The van der Waals surface area contributed by atoms with Gasteiger partial charge >= 0.3 is 0 Å². The van der Waals surface area contributed by atoms with Crippen molar-refractivity contribution in [3.63, 3.8) is 0 Å². The molecular weight excluding hydrogens is 365 g/mol. The molecule has 3 rings (SSSR count). The Labute approximate surface area is 168 Å². The first-order chi connectivity index (χ1) is 13.3. The molecule has 1 atom stereocenters. The van der Waals surface area contributed by atoms with Gasteiger partial charge in [0.25, 0.3) is 0 Å². The average Bonchev–Trinajstić information content (AvgIpc) is 2.66. The lowest BCUT2D eigenvalue weighted by Gasteiger charge is -2.24. The molecule has 0 radical (unpaired) electrons. The van der Waals surface area contributed by atoms with Gasteiger partial charge in [0, 0.05) is 28.7 Å². The minimum absolute atomic E-state index is 0.544. The summed E-state index contributed by atoms with van der Waals surface area (Å²) >= 11 is 0. The first-order valence-corrected chi connectivity index (χ1v) is 11.5. The molecule has 1 heterocycles. The zero-order valence-corrected chi connectivity index (χ0v) is 18.2. The second-order valence-corrected chi connectivity index (χ2v) is 10.3. The summed E-state index contributed by atoms with van der Waals surface area (Å²) in [6.07, 6.45) is 3.03. The molecule has 2 aromatic carbocycles. The molecule has 0 aliphatic heterocycles. The molecule has 1 aromatic heterocycles. The summed E-state index contributed by atoms with van der Waals surface area (Å²) in [5.74, 6) is 0.731. The predicted molar refractivity (Wildman–Crippen MR) is 118 cm³/mol. The van der Waals surface area contributed by atoms with Gasteiger partial charge in [-0.05, 0) is 69.0 Å². The van der Waals surface area contributed by atoms with E-state index in [1.165, 1.54) is 5.56 Å². The third-order valence-electron chi connectivity index (χ3n) is 5.25. The summed E-state index contributed by atoms with van der Waals surface area (Å²) in [6.45, 7) is 8.26. The molecule has 0 fully saturated rings. The van der Waals surface area contributed by atoms with E-state index in [1.54, 1.807) is 13.3 Å². The maximum absolute atomic E-state index is 14.6. The molecule has 4 heteroatoms. The Morgan fingerprint density at radius 1 is 0.929 bits per heavy atom. The summed E-state index contributed by atoms with van der Waals surface area (Å²) in [4.78, 5) is 4.52. The third-order valence-corrected chi connectivity index (χ3v) is 8.64. The summed E-state index contributed by atoms with van der Waals surface area (Å²) in [5.41, 5.74) is 5.50. The number of nitrogens with zero attached hydrogens (tertiary/aromatic N) is 1. The van der Waals surface area contributed by atoms with Crippen LogP contribution < -0.4 is 15.3 Å². The van der Waals surface area contributed by atoms with Crippen LogP contribution in [0.3, 0.4) is 0 Å². The van der Waals surface area contributed by atoms with Crippen LogP contribution in [-0.4, -0.2) is 18.3 Å². The van der Waals surface area contributed by atoms with Crippen LogP contribution in [-0.2, 0) is 11.0 Å². The average molecular weight is 393 g/mol. The van der Waals surface area contributed by atoms with E-state index < -0.39 is 7.14 Å². The first-order valence-electron chi connectivity index (χ1n) is 9.58. The number of rotatable bonds is 6. The molecule has 3 aromatic rings. The van der Waals surface area contributed by atoms with Crippen molar-refractivity contribution in [3.05, 3.63) is 82.7 Å². The number of methoxy groups -OCH3 is 1. The van der Waals surface area contributed by atoms with Crippen molar-refractivity contribution in [2.75, 3.05) is 13.3 Å². The molecule has 0 N–H and O–H groups in total. The fourth-order valence-corrected chi connectivity index (χ4v) is 7.19. The second kappa shape index (κ2) is 8.32. The van der Waals surface area contributed by atoms with Crippen LogP contribution in [0.1, 0.15) is 27.9 Å². The SMILES string of the molecule is COc1cccc([P@](=O)(CCc2ncccc2C)c2c(C)cc(C)cc2C)c1. The highest BCUT2D eigenvalue weighted by molar-refractivity contribution is 7.78. The van der Waals surface area contributed by atoms with Crippen LogP contribution in [0, 0.1) is 27.7 Å². The molecule has 0 spiro atoms. The largest absolute Gasteiger partial charge is 0.497 e. The Bertz CT molecular complexity index is 1020. The van der Waals surface area contributed by atoms with E-state index in [1.807, 2.05) is 30.3 Å². The maximum atomic E-state index is 14.6. The van der Waals surface area contributed by atoms with Gasteiger partial charge in [0.15, 0.2) is 0 Å². The lowest BCUT2D eigenvalue weighted by atomic mass is 10.1. The Morgan fingerprint density at radius 3 is 2.29 bits per heavy atom. The fourth-order valence-electron chi connectivity index (χ4n) is 3.99. The molecule has 0 unspecified atom stereocenters. The van der Waals surface area contributed by atoms with Gasteiger partial charge in [0.1, 0.15) is 12.9 Å². The Kier molecular flexibility index (Phi) is 6.05. The lowest BCUT2D eigenvalue weighted by Crippen LogP contribution is -2.24. The van der Waals surface area contributed by atoms with Crippen LogP contribution >= 0.6 is 7.14 Å². The van der Waals surface area contributed by atoms with Crippen LogP contribution in [0.25, 0.3) is 0 Å². The smallest absolute Gasteiger partial charge is 0.144 e. The highest BCUT2D eigenvalue weighted by Gasteiger charge is 2.31. The van der Waals surface area contributed by atoms with Crippen LogP contribution in [0.2, 0.25) is 0 Å². The zero-order chi connectivity index (χ0) is 20.3. The number of benzene rings is 2. The molecule has 0 bridgehead atoms. The number of aromatic nitrogens is 1. The van der Waals surface area contributed by atoms with Gasteiger partial charge in [-0.1, -0.05) is 35.9 Å². The minimum atomic E-state index is -2.86. The van der Waals surface area contributed by atoms with Crippen molar-refractivity contribution in [1.82, 2.24) is 4.98 Å². The molecule has 3 nitrogen and oxygen atoms in total. The quantitative estimate of drug-likeness (QED) is 0.560. The maximum Gasteiger partial charge on any atom is 0.144 e. The van der Waals surface area contributed by atoms with E-state index in [-0.39, 0.29) is 0 Å². The normalized spacial score (nSPS) is 13.2. The first kappa shape index (κ1) is 20.4. The van der Waals surface area contributed by atoms with E-state index in [0.29, 0.717) is 12.6 Å². The van der Waals surface area contributed by atoms with Crippen molar-refractivity contribution in [3.8, 4) is 5.75 Å². The van der Waals surface area contributed by atoms with E-state index in [9.17, 15) is 4.57 Å². The fraction of sp³-hybridized carbons (Fsp3) is 0.292. The van der Waals surface area contributed by atoms with Crippen LogP contribution in [0.5, 0.6) is 5.75 Å². The molecular formula is C24H28NO2P. The highest BCUT2D eigenvalue weighted by Crippen LogP contribution is 2.46. The zero-order valence-electron chi connectivity index (χ0n) is 17.3. The van der Waals surface area contributed by atoms with E-state index in [2.05, 4.69) is 50.9 Å². The number of aryl methyl sites for hydroxylation is 5. The highest BCUT2D eigenvalue weighted by atomic mass is 31.2. The number of ether oxygens (including phenoxy) is 1. The summed E-state index contributed by atoms with van der Waals surface area (Å²) in [6, 6.07) is 16.0. The molecule has 0 amide bonds. The van der Waals surface area contributed by atoms with Crippen molar-refractivity contribution in [1.29, 1.82) is 0 Å². The molecule has 0 saturated heterocycles.